The Morgan fingerprint density at radius 2 is 2.08 bits per heavy atom. The zero-order valence-electron chi connectivity index (χ0n) is 8.42. The third kappa shape index (κ3) is 7.80. The van der Waals surface area contributed by atoms with Crippen LogP contribution in [0.4, 0.5) is 0 Å². The summed E-state index contributed by atoms with van der Waals surface area (Å²) in [6.45, 7) is 4.79. The minimum atomic E-state index is 0.313. The average Bonchev–Trinajstić information content (AvgIpc) is 2.09. The summed E-state index contributed by atoms with van der Waals surface area (Å²) in [6, 6.07) is 0. The zero-order valence-corrected chi connectivity index (χ0v) is 8.42. The van der Waals surface area contributed by atoms with Gasteiger partial charge in [0.15, 0.2) is 0 Å². The van der Waals surface area contributed by atoms with Crippen LogP contribution in [0.1, 0.15) is 46.0 Å². The maximum Gasteiger partial charge on any atom is 0.0433 e. The van der Waals surface area contributed by atoms with Crippen molar-refractivity contribution in [3.8, 4) is 0 Å². The number of hydrogen-bond acceptors (Lipinski definition) is 1. The van der Waals surface area contributed by atoms with E-state index in [-0.39, 0.29) is 0 Å². The third-order valence-corrected chi connectivity index (χ3v) is 2.01. The maximum absolute atomic E-state index is 8.54. The van der Waals surface area contributed by atoms with Crippen molar-refractivity contribution in [2.75, 3.05) is 6.61 Å². The van der Waals surface area contributed by atoms with Gasteiger partial charge in [0.25, 0.3) is 0 Å². The van der Waals surface area contributed by atoms with E-state index in [2.05, 4.69) is 26.0 Å². The van der Waals surface area contributed by atoms with Crippen LogP contribution in [0.25, 0.3) is 0 Å². The lowest BCUT2D eigenvalue weighted by molar-refractivity contribution is 0.289. The Balaban J connectivity index is 3.27. The summed E-state index contributed by atoms with van der Waals surface area (Å²) >= 11 is 0. The van der Waals surface area contributed by atoms with Crippen LogP contribution in [0, 0.1) is 5.92 Å². The molecular weight excluding hydrogens is 148 g/mol. The van der Waals surface area contributed by atoms with Gasteiger partial charge in [-0.3, -0.25) is 0 Å². The first kappa shape index (κ1) is 11.7. The maximum atomic E-state index is 8.54. The topological polar surface area (TPSA) is 20.2 Å². The largest absolute Gasteiger partial charge is 0.396 e. The molecule has 0 spiro atoms. The van der Waals surface area contributed by atoms with Gasteiger partial charge in [-0.2, -0.15) is 0 Å². The van der Waals surface area contributed by atoms with Crippen LogP contribution in [0.2, 0.25) is 0 Å². The SMILES string of the molecule is CCCCC(C)/C=C/CCCO. The lowest BCUT2D eigenvalue weighted by atomic mass is 10.0. The molecule has 0 saturated heterocycles. The van der Waals surface area contributed by atoms with E-state index in [1.807, 2.05) is 0 Å². The smallest absolute Gasteiger partial charge is 0.0433 e. The van der Waals surface area contributed by atoms with Crippen LogP contribution in [0.3, 0.4) is 0 Å². The third-order valence-electron chi connectivity index (χ3n) is 2.01. The molecule has 72 valence electrons. The van der Waals surface area contributed by atoms with E-state index in [0.29, 0.717) is 12.5 Å². The van der Waals surface area contributed by atoms with Gasteiger partial charge >= 0.3 is 0 Å². The van der Waals surface area contributed by atoms with E-state index in [1.54, 1.807) is 0 Å². The van der Waals surface area contributed by atoms with Gasteiger partial charge in [-0.1, -0.05) is 38.8 Å². The second kappa shape index (κ2) is 8.79. The fourth-order valence-electron chi connectivity index (χ4n) is 1.16. The first-order valence-corrected chi connectivity index (χ1v) is 5.08. The van der Waals surface area contributed by atoms with Crippen molar-refractivity contribution in [2.45, 2.75) is 46.0 Å². The number of allylic oxidation sites excluding steroid dienone is 2. The van der Waals surface area contributed by atoms with Gasteiger partial charge in [0.2, 0.25) is 0 Å². The van der Waals surface area contributed by atoms with Crippen molar-refractivity contribution in [3.63, 3.8) is 0 Å². The van der Waals surface area contributed by atoms with Gasteiger partial charge in [0.1, 0.15) is 0 Å². The highest BCUT2D eigenvalue weighted by atomic mass is 16.2. The van der Waals surface area contributed by atoms with E-state index < -0.39 is 0 Å². The monoisotopic (exact) mass is 170 g/mol. The van der Waals surface area contributed by atoms with Gasteiger partial charge < -0.3 is 5.11 Å². The molecule has 0 fully saturated rings. The fraction of sp³-hybridized carbons (Fsp3) is 0.818. The Labute approximate surface area is 76.5 Å². The lowest BCUT2D eigenvalue weighted by Gasteiger charge is -2.03. The molecule has 0 bridgehead atoms. The molecule has 0 aliphatic rings. The van der Waals surface area contributed by atoms with Crippen LogP contribution >= 0.6 is 0 Å². The standard InChI is InChI=1S/C11H22O/c1-3-4-8-11(2)9-6-5-7-10-12/h6,9,11-12H,3-5,7-8,10H2,1-2H3/b9-6+. The molecule has 0 amide bonds. The molecule has 1 nitrogen and oxygen atoms in total. The number of aliphatic hydroxyl groups excluding tert-OH is 1. The number of hydrogen-bond donors (Lipinski definition) is 1. The van der Waals surface area contributed by atoms with Crippen LogP contribution < -0.4 is 0 Å². The summed E-state index contributed by atoms with van der Waals surface area (Å²) in [6.07, 6.45) is 10.3. The highest BCUT2D eigenvalue weighted by molar-refractivity contribution is 4.85. The fourth-order valence-corrected chi connectivity index (χ4v) is 1.16. The molecule has 1 N–H and O–H groups in total. The van der Waals surface area contributed by atoms with Crippen molar-refractivity contribution in [3.05, 3.63) is 12.2 Å². The molecule has 1 heteroatoms. The Hall–Kier alpha value is -0.300. The summed E-state index contributed by atoms with van der Waals surface area (Å²) < 4.78 is 0. The molecule has 0 aliphatic carbocycles. The van der Waals surface area contributed by atoms with E-state index in [1.165, 1.54) is 19.3 Å². The second-order valence-electron chi connectivity index (χ2n) is 3.41. The molecule has 12 heavy (non-hydrogen) atoms. The highest BCUT2D eigenvalue weighted by Gasteiger charge is 1.94. The number of unbranched alkanes of at least 4 members (excludes halogenated alkanes) is 2. The average molecular weight is 170 g/mol. The predicted octanol–water partition coefficient (Wildman–Crippen LogP) is 3.14. The van der Waals surface area contributed by atoms with Gasteiger partial charge in [0, 0.05) is 6.61 Å². The molecule has 1 unspecified atom stereocenters. The van der Waals surface area contributed by atoms with Crippen LogP contribution in [-0.4, -0.2) is 11.7 Å². The molecular formula is C11H22O. The number of rotatable bonds is 7. The molecule has 0 rings (SSSR count). The van der Waals surface area contributed by atoms with E-state index in [9.17, 15) is 0 Å². The molecule has 0 aromatic rings. The quantitative estimate of drug-likeness (QED) is 0.459. The Bertz CT molecular complexity index is 108. The number of aliphatic hydroxyl groups is 1. The molecule has 0 aromatic heterocycles. The van der Waals surface area contributed by atoms with Crippen LogP contribution in [0.5, 0.6) is 0 Å². The van der Waals surface area contributed by atoms with Crippen molar-refractivity contribution >= 4 is 0 Å². The summed E-state index contributed by atoms with van der Waals surface area (Å²) in [5, 5.41) is 8.54. The van der Waals surface area contributed by atoms with E-state index in [0.717, 1.165) is 12.8 Å². The second-order valence-corrected chi connectivity index (χ2v) is 3.41. The Kier molecular flexibility index (Phi) is 8.57. The predicted molar refractivity (Wildman–Crippen MR) is 54.1 cm³/mol. The first-order valence-electron chi connectivity index (χ1n) is 5.08. The van der Waals surface area contributed by atoms with Gasteiger partial charge in [-0.05, 0) is 25.2 Å². The molecule has 0 heterocycles. The zero-order chi connectivity index (χ0) is 9.23. The summed E-state index contributed by atoms with van der Waals surface area (Å²) in [5.41, 5.74) is 0. The van der Waals surface area contributed by atoms with E-state index in [4.69, 9.17) is 5.11 Å². The summed E-state index contributed by atoms with van der Waals surface area (Å²) in [5.74, 6) is 0.712. The van der Waals surface area contributed by atoms with Crippen molar-refractivity contribution in [2.24, 2.45) is 5.92 Å². The molecule has 1 atom stereocenters. The van der Waals surface area contributed by atoms with Gasteiger partial charge in [-0.15, -0.1) is 0 Å². The molecule has 0 saturated carbocycles. The highest BCUT2D eigenvalue weighted by Crippen LogP contribution is 2.09. The Morgan fingerprint density at radius 1 is 1.33 bits per heavy atom. The van der Waals surface area contributed by atoms with Crippen molar-refractivity contribution in [1.29, 1.82) is 0 Å². The van der Waals surface area contributed by atoms with Crippen LogP contribution in [-0.2, 0) is 0 Å². The normalized spacial score (nSPS) is 13.9. The lowest BCUT2D eigenvalue weighted by Crippen LogP contribution is -1.88. The van der Waals surface area contributed by atoms with Gasteiger partial charge in [0.05, 0.1) is 0 Å². The first-order chi connectivity index (χ1) is 5.81. The van der Waals surface area contributed by atoms with Crippen molar-refractivity contribution in [1.82, 2.24) is 0 Å². The van der Waals surface area contributed by atoms with Crippen molar-refractivity contribution < 1.29 is 5.11 Å². The molecule has 0 aromatic carbocycles. The molecule has 0 aliphatic heterocycles. The minimum absolute atomic E-state index is 0.313. The summed E-state index contributed by atoms with van der Waals surface area (Å²) in [7, 11) is 0. The van der Waals surface area contributed by atoms with Crippen LogP contribution in [0.15, 0.2) is 12.2 Å². The summed E-state index contributed by atoms with van der Waals surface area (Å²) in [4.78, 5) is 0. The van der Waals surface area contributed by atoms with Gasteiger partial charge in [-0.25, -0.2) is 0 Å². The molecule has 0 radical (unpaired) electrons. The van der Waals surface area contributed by atoms with E-state index >= 15 is 0 Å². The minimum Gasteiger partial charge on any atom is -0.396 e. The Morgan fingerprint density at radius 3 is 2.67 bits per heavy atom.